The number of aryl methyl sites for hydroxylation is 1. The SMILES string of the molecule is CCN(CC)c1ccc(-c2sc(N)nc2C)cc1. The third-order valence-electron chi connectivity index (χ3n) is 3.07. The zero-order chi connectivity index (χ0) is 13.1. The van der Waals surface area contributed by atoms with Gasteiger partial charge in [-0.1, -0.05) is 23.5 Å². The highest BCUT2D eigenvalue weighted by atomic mass is 32.1. The van der Waals surface area contributed by atoms with Crippen LogP contribution in [0, 0.1) is 6.92 Å². The van der Waals surface area contributed by atoms with Gasteiger partial charge in [0.1, 0.15) is 0 Å². The first kappa shape index (κ1) is 12.9. The second kappa shape index (κ2) is 5.40. The second-order valence-electron chi connectivity index (χ2n) is 4.19. The summed E-state index contributed by atoms with van der Waals surface area (Å²) >= 11 is 1.55. The molecule has 96 valence electrons. The molecule has 0 aliphatic heterocycles. The Kier molecular flexibility index (Phi) is 3.87. The van der Waals surface area contributed by atoms with Crippen LogP contribution in [0.3, 0.4) is 0 Å². The lowest BCUT2D eigenvalue weighted by atomic mass is 10.1. The molecule has 2 aromatic rings. The lowest BCUT2D eigenvalue weighted by Gasteiger charge is -2.21. The smallest absolute Gasteiger partial charge is 0.180 e. The molecule has 0 aliphatic carbocycles. The lowest BCUT2D eigenvalue weighted by molar-refractivity contribution is 0.866. The first-order valence-electron chi connectivity index (χ1n) is 6.24. The van der Waals surface area contributed by atoms with Gasteiger partial charge in [-0.2, -0.15) is 0 Å². The molecule has 18 heavy (non-hydrogen) atoms. The predicted molar refractivity (Wildman–Crippen MR) is 80.3 cm³/mol. The molecular weight excluding hydrogens is 242 g/mol. The van der Waals surface area contributed by atoms with Crippen molar-refractivity contribution in [1.29, 1.82) is 0 Å². The number of anilines is 2. The van der Waals surface area contributed by atoms with Gasteiger partial charge in [0.15, 0.2) is 5.13 Å². The van der Waals surface area contributed by atoms with Gasteiger partial charge in [0.25, 0.3) is 0 Å². The third-order valence-corrected chi connectivity index (χ3v) is 4.11. The molecule has 1 aromatic heterocycles. The van der Waals surface area contributed by atoms with Crippen LogP contribution in [0.5, 0.6) is 0 Å². The molecule has 1 aromatic carbocycles. The van der Waals surface area contributed by atoms with E-state index in [4.69, 9.17) is 5.73 Å². The zero-order valence-electron chi connectivity index (χ0n) is 11.1. The molecule has 0 spiro atoms. The van der Waals surface area contributed by atoms with Gasteiger partial charge in [0.2, 0.25) is 0 Å². The summed E-state index contributed by atoms with van der Waals surface area (Å²) in [6.07, 6.45) is 0. The van der Waals surface area contributed by atoms with Crippen molar-refractivity contribution in [2.45, 2.75) is 20.8 Å². The van der Waals surface area contributed by atoms with Crippen molar-refractivity contribution in [2.75, 3.05) is 23.7 Å². The highest BCUT2D eigenvalue weighted by molar-refractivity contribution is 7.18. The minimum Gasteiger partial charge on any atom is -0.375 e. The molecule has 1 heterocycles. The highest BCUT2D eigenvalue weighted by Gasteiger charge is 2.08. The van der Waals surface area contributed by atoms with E-state index in [2.05, 4.69) is 48.0 Å². The number of aromatic nitrogens is 1. The molecule has 0 saturated carbocycles. The summed E-state index contributed by atoms with van der Waals surface area (Å²) in [4.78, 5) is 7.76. The molecule has 0 radical (unpaired) electrons. The average Bonchev–Trinajstić information content (AvgIpc) is 2.71. The number of nitrogen functional groups attached to an aromatic ring is 1. The fraction of sp³-hybridized carbons (Fsp3) is 0.357. The number of nitrogens with zero attached hydrogens (tertiary/aromatic N) is 2. The summed E-state index contributed by atoms with van der Waals surface area (Å²) in [7, 11) is 0. The Bertz CT molecular complexity index is 512. The van der Waals surface area contributed by atoms with Crippen LogP contribution in [0.4, 0.5) is 10.8 Å². The van der Waals surface area contributed by atoms with Crippen LogP contribution in [0.25, 0.3) is 10.4 Å². The Morgan fingerprint density at radius 2 is 1.78 bits per heavy atom. The summed E-state index contributed by atoms with van der Waals surface area (Å²) in [5, 5.41) is 0.635. The highest BCUT2D eigenvalue weighted by Crippen LogP contribution is 2.32. The number of hydrogen-bond donors (Lipinski definition) is 1. The Labute approximate surface area is 112 Å². The zero-order valence-corrected chi connectivity index (χ0v) is 11.9. The number of benzene rings is 1. The standard InChI is InChI=1S/C14H19N3S/c1-4-17(5-2)12-8-6-11(7-9-12)13-10(3)16-14(15)18-13/h6-9H,4-5H2,1-3H3,(H2,15,16). The van der Waals surface area contributed by atoms with Gasteiger partial charge in [0, 0.05) is 18.8 Å². The van der Waals surface area contributed by atoms with E-state index in [0.717, 1.165) is 18.8 Å². The van der Waals surface area contributed by atoms with E-state index in [1.54, 1.807) is 11.3 Å². The van der Waals surface area contributed by atoms with E-state index in [-0.39, 0.29) is 0 Å². The van der Waals surface area contributed by atoms with Crippen molar-refractivity contribution in [2.24, 2.45) is 0 Å². The van der Waals surface area contributed by atoms with Crippen LogP contribution in [-0.4, -0.2) is 18.1 Å². The van der Waals surface area contributed by atoms with Crippen LogP contribution in [0.2, 0.25) is 0 Å². The van der Waals surface area contributed by atoms with Crippen LogP contribution in [0.1, 0.15) is 19.5 Å². The molecule has 0 fully saturated rings. The van der Waals surface area contributed by atoms with E-state index in [0.29, 0.717) is 5.13 Å². The number of rotatable bonds is 4. The summed E-state index contributed by atoms with van der Waals surface area (Å²) in [6, 6.07) is 8.62. The van der Waals surface area contributed by atoms with E-state index in [1.165, 1.54) is 16.1 Å². The maximum atomic E-state index is 5.74. The third kappa shape index (κ3) is 2.48. The molecule has 2 N–H and O–H groups in total. The number of nitrogens with two attached hydrogens (primary N) is 1. The summed E-state index contributed by atoms with van der Waals surface area (Å²) in [5.41, 5.74) is 9.20. The van der Waals surface area contributed by atoms with Gasteiger partial charge in [-0.15, -0.1) is 0 Å². The number of thiazole rings is 1. The molecule has 2 rings (SSSR count). The van der Waals surface area contributed by atoms with E-state index in [9.17, 15) is 0 Å². The van der Waals surface area contributed by atoms with Crippen molar-refractivity contribution < 1.29 is 0 Å². The van der Waals surface area contributed by atoms with E-state index < -0.39 is 0 Å². The fourth-order valence-electron chi connectivity index (χ4n) is 2.10. The van der Waals surface area contributed by atoms with E-state index in [1.807, 2.05) is 6.92 Å². The molecule has 0 atom stereocenters. The first-order valence-corrected chi connectivity index (χ1v) is 7.05. The first-order chi connectivity index (χ1) is 8.65. The van der Waals surface area contributed by atoms with Gasteiger partial charge in [-0.25, -0.2) is 4.98 Å². The van der Waals surface area contributed by atoms with Crippen molar-refractivity contribution in [3.63, 3.8) is 0 Å². The lowest BCUT2D eigenvalue weighted by Crippen LogP contribution is -2.21. The fourth-order valence-corrected chi connectivity index (χ4v) is 2.94. The summed E-state index contributed by atoms with van der Waals surface area (Å²) < 4.78 is 0. The Hall–Kier alpha value is -1.55. The van der Waals surface area contributed by atoms with Crippen molar-refractivity contribution in [1.82, 2.24) is 4.98 Å². The Balaban J connectivity index is 2.30. The molecule has 0 unspecified atom stereocenters. The monoisotopic (exact) mass is 261 g/mol. The molecule has 0 amide bonds. The second-order valence-corrected chi connectivity index (χ2v) is 5.22. The molecule has 0 aliphatic rings. The quantitative estimate of drug-likeness (QED) is 0.915. The average molecular weight is 261 g/mol. The van der Waals surface area contributed by atoms with Gasteiger partial charge in [-0.3, -0.25) is 0 Å². The van der Waals surface area contributed by atoms with Crippen LogP contribution >= 0.6 is 11.3 Å². The van der Waals surface area contributed by atoms with Crippen molar-refractivity contribution >= 4 is 22.2 Å². The van der Waals surface area contributed by atoms with Crippen LogP contribution < -0.4 is 10.6 Å². The predicted octanol–water partition coefficient (Wildman–Crippen LogP) is 3.55. The number of hydrogen-bond acceptors (Lipinski definition) is 4. The molecule has 4 heteroatoms. The topological polar surface area (TPSA) is 42.1 Å². The van der Waals surface area contributed by atoms with Gasteiger partial charge >= 0.3 is 0 Å². The van der Waals surface area contributed by atoms with Gasteiger partial charge in [0.05, 0.1) is 10.6 Å². The molecule has 3 nitrogen and oxygen atoms in total. The van der Waals surface area contributed by atoms with Crippen molar-refractivity contribution in [3.05, 3.63) is 30.0 Å². The minimum absolute atomic E-state index is 0.635. The van der Waals surface area contributed by atoms with Crippen LogP contribution in [-0.2, 0) is 0 Å². The largest absolute Gasteiger partial charge is 0.375 e. The van der Waals surface area contributed by atoms with Gasteiger partial charge < -0.3 is 10.6 Å². The summed E-state index contributed by atoms with van der Waals surface area (Å²) in [6.45, 7) is 8.40. The van der Waals surface area contributed by atoms with E-state index >= 15 is 0 Å². The van der Waals surface area contributed by atoms with Gasteiger partial charge in [-0.05, 0) is 38.5 Å². The Morgan fingerprint density at radius 1 is 1.17 bits per heavy atom. The molecule has 0 bridgehead atoms. The Morgan fingerprint density at radius 3 is 2.22 bits per heavy atom. The van der Waals surface area contributed by atoms with Crippen molar-refractivity contribution in [3.8, 4) is 10.4 Å². The van der Waals surface area contributed by atoms with Crippen LogP contribution in [0.15, 0.2) is 24.3 Å². The maximum Gasteiger partial charge on any atom is 0.180 e. The summed E-state index contributed by atoms with van der Waals surface area (Å²) in [5.74, 6) is 0. The molecule has 0 saturated heterocycles. The molecular formula is C14H19N3S. The minimum atomic E-state index is 0.635. The normalized spacial score (nSPS) is 10.6. The maximum absolute atomic E-state index is 5.74.